The number of anilines is 2. The van der Waals surface area contributed by atoms with Gasteiger partial charge in [-0.2, -0.15) is 0 Å². The van der Waals surface area contributed by atoms with Gasteiger partial charge in [0.2, 0.25) is 11.8 Å². The molecule has 0 radical (unpaired) electrons. The molecule has 146 valence electrons. The van der Waals surface area contributed by atoms with Gasteiger partial charge in [-0.1, -0.05) is 6.92 Å². The van der Waals surface area contributed by atoms with Gasteiger partial charge in [0.15, 0.2) is 0 Å². The number of piperazine rings is 1. The van der Waals surface area contributed by atoms with Crippen LogP contribution in [0.25, 0.3) is 0 Å². The largest absolute Gasteiger partial charge is 0.469 e. The Morgan fingerprint density at radius 1 is 1.07 bits per heavy atom. The number of carbonyl (C=O) groups is 3. The molecule has 2 fully saturated rings. The number of nitrogens with zero attached hydrogens (tertiary/aromatic N) is 3. The summed E-state index contributed by atoms with van der Waals surface area (Å²) in [5.41, 5.74) is 1.88. The molecule has 0 bridgehead atoms. The van der Waals surface area contributed by atoms with Gasteiger partial charge in [0.25, 0.3) is 0 Å². The van der Waals surface area contributed by atoms with Crippen LogP contribution in [0.1, 0.15) is 26.2 Å². The van der Waals surface area contributed by atoms with Crippen molar-refractivity contribution in [2.24, 2.45) is 5.92 Å². The molecule has 0 N–H and O–H groups in total. The summed E-state index contributed by atoms with van der Waals surface area (Å²) in [5, 5.41) is 0. The Morgan fingerprint density at radius 2 is 1.70 bits per heavy atom. The molecule has 3 rings (SSSR count). The van der Waals surface area contributed by atoms with Gasteiger partial charge in [-0.3, -0.25) is 14.4 Å². The first-order valence-electron chi connectivity index (χ1n) is 9.54. The zero-order chi connectivity index (χ0) is 19.4. The average Bonchev–Trinajstić information content (AvgIpc) is 3.09. The van der Waals surface area contributed by atoms with Crippen molar-refractivity contribution in [1.29, 1.82) is 0 Å². The van der Waals surface area contributed by atoms with Crippen LogP contribution in [0.5, 0.6) is 0 Å². The van der Waals surface area contributed by atoms with Crippen LogP contribution in [-0.2, 0) is 19.1 Å². The molecule has 1 aromatic rings. The van der Waals surface area contributed by atoms with Crippen LogP contribution in [0.4, 0.5) is 11.4 Å². The van der Waals surface area contributed by atoms with Crippen molar-refractivity contribution in [3.05, 3.63) is 24.3 Å². The molecular weight excluding hydrogens is 346 g/mol. The number of ether oxygens (including phenoxy) is 1. The second kappa shape index (κ2) is 8.41. The maximum absolute atomic E-state index is 12.2. The quantitative estimate of drug-likeness (QED) is 0.734. The van der Waals surface area contributed by atoms with Crippen molar-refractivity contribution >= 4 is 29.2 Å². The van der Waals surface area contributed by atoms with Gasteiger partial charge in [0.05, 0.1) is 13.0 Å². The van der Waals surface area contributed by atoms with Gasteiger partial charge in [-0.25, -0.2) is 0 Å². The number of esters is 1. The van der Waals surface area contributed by atoms with Gasteiger partial charge in [-0.15, -0.1) is 0 Å². The highest BCUT2D eigenvalue weighted by Crippen LogP contribution is 2.28. The Bertz CT molecular complexity index is 696. The number of amides is 2. The normalized spacial score (nSPS) is 20.1. The predicted octanol–water partition coefficient (Wildman–Crippen LogP) is 1.66. The Labute approximate surface area is 159 Å². The van der Waals surface area contributed by atoms with Crippen molar-refractivity contribution in [1.82, 2.24) is 4.90 Å². The third-order valence-electron chi connectivity index (χ3n) is 5.28. The molecule has 2 saturated heterocycles. The lowest BCUT2D eigenvalue weighted by atomic mass is 10.1. The van der Waals surface area contributed by atoms with E-state index in [4.69, 9.17) is 4.74 Å². The van der Waals surface area contributed by atoms with E-state index in [0.29, 0.717) is 13.0 Å². The first-order chi connectivity index (χ1) is 13.0. The third kappa shape index (κ3) is 4.23. The van der Waals surface area contributed by atoms with Gasteiger partial charge >= 0.3 is 5.97 Å². The Morgan fingerprint density at radius 3 is 2.30 bits per heavy atom. The molecule has 27 heavy (non-hydrogen) atoms. The second-order valence-corrected chi connectivity index (χ2v) is 7.06. The smallest absolute Gasteiger partial charge is 0.311 e. The molecule has 7 heteroatoms. The lowest BCUT2D eigenvalue weighted by Crippen LogP contribution is -2.48. The zero-order valence-electron chi connectivity index (χ0n) is 16.0. The summed E-state index contributed by atoms with van der Waals surface area (Å²) in [7, 11) is 1.35. The molecule has 7 nitrogen and oxygen atoms in total. The molecule has 2 aliphatic heterocycles. The first kappa shape index (κ1) is 19.2. The van der Waals surface area contributed by atoms with E-state index < -0.39 is 5.92 Å². The summed E-state index contributed by atoms with van der Waals surface area (Å²) in [4.78, 5) is 41.7. The minimum Gasteiger partial charge on any atom is -0.469 e. The number of hydrogen-bond acceptors (Lipinski definition) is 5. The van der Waals surface area contributed by atoms with Gasteiger partial charge < -0.3 is 19.4 Å². The SMILES string of the molecule is CCCC(=O)N1CCN(c2ccc(N3CC(C(=O)OC)CC3=O)cc2)CC1. The van der Waals surface area contributed by atoms with Crippen LogP contribution in [0, 0.1) is 5.92 Å². The van der Waals surface area contributed by atoms with E-state index in [9.17, 15) is 14.4 Å². The molecule has 0 aromatic heterocycles. The van der Waals surface area contributed by atoms with Crippen LogP contribution in [0.15, 0.2) is 24.3 Å². The highest BCUT2D eigenvalue weighted by Gasteiger charge is 2.35. The molecule has 2 heterocycles. The zero-order valence-corrected chi connectivity index (χ0v) is 16.0. The van der Waals surface area contributed by atoms with E-state index in [0.717, 1.165) is 44.0 Å². The fraction of sp³-hybridized carbons (Fsp3) is 0.550. The molecule has 2 aliphatic rings. The average molecular weight is 373 g/mol. The maximum Gasteiger partial charge on any atom is 0.311 e. The van der Waals surface area contributed by atoms with Crippen LogP contribution in [-0.4, -0.2) is 62.5 Å². The molecule has 0 spiro atoms. The Kier molecular flexibility index (Phi) is 5.98. The van der Waals surface area contributed by atoms with Crippen LogP contribution >= 0.6 is 0 Å². The summed E-state index contributed by atoms with van der Waals surface area (Å²) < 4.78 is 4.75. The second-order valence-electron chi connectivity index (χ2n) is 7.06. The number of methoxy groups -OCH3 is 1. The standard InChI is InChI=1S/C20H27N3O4/c1-3-4-18(24)22-11-9-21(10-12-22)16-5-7-17(8-6-16)23-14-15(13-19(23)25)20(26)27-2/h5-8,15H,3-4,9-14H2,1-2H3. The predicted molar refractivity (Wildman–Crippen MR) is 103 cm³/mol. The van der Waals surface area contributed by atoms with Crippen molar-refractivity contribution < 1.29 is 19.1 Å². The minimum absolute atomic E-state index is 0.0544. The number of hydrogen-bond donors (Lipinski definition) is 0. The number of benzene rings is 1. The lowest BCUT2D eigenvalue weighted by molar-refractivity contribution is -0.145. The Hall–Kier alpha value is -2.57. The molecule has 1 aromatic carbocycles. The minimum atomic E-state index is -0.393. The number of carbonyl (C=O) groups excluding carboxylic acids is 3. The molecule has 1 atom stereocenters. The first-order valence-corrected chi connectivity index (χ1v) is 9.54. The summed E-state index contributed by atoms with van der Waals surface area (Å²) in [6.45, 7) is 5.49. The van der Waals surface area contributed by atoms with Gasteiger partial charge in [0, 0.05) is 56.9 Å². The van der Waals surface area contributed by atoms with Gasteiger partial charge in [-0.05, 0) is 30.7 Å². The van der Waals surface area contributed by atoms with E-state index in [-0.39, 0.29) is 24.2 Å². The van der Waals surface area contributed by atoms with E-state index in [1.54, 1.807) is 4.90 Å². The van der Waals surface area contributed by atoms with E-state index in [2.05, 4.69) is 4.90 Å². The molecule has 0 saturated carbocycles. The van der Waals surface area contributed by atoms with E-state index >= 15 is 0 Å². The van der Waals surface area contributed by atoms with E-state index in [1.165, 1.54) is 7.11 Å². The fourth-order valence-electron chi connectivity index (χ4n) is 3.71. The van der Waals surface area contributed by atoms with Crippen LogP contribution in [0.3, 0.4) is 0 Å². The molecule has 2 amide bonds. The van der Waals surface area contributed by atoms with Crippen molar-refractivity contribution in [2.45, 2.75) is 26.2 Å². The van der Waals surface area contributed by atoms with Crippen molar-refractivity contribution in [3.8, 4) is 0 Å². The van der Waals surface area contributed by atoms with Crippen LogP contribution < -0.4 is 9.80 Å². The summed E-state index contributed by atoms with van der Waals surface area (Å²) >= 11 is 0. The third-order valence-corrected chi connectivity index (χ3v) is 5.28. The molecule has 0 aliphatic carbocycles. The highest BCUT2D eigenvalue weighted by molar-refractivity contribution is 5.99. The van der Waals surface area contributed by atoms with Gasteiger partial charge in [0.1, 0.15) is 0 Å². The lowest BCUT2D eigenvalue weighted by Gasteiger charge is -2.36. The van der Waals surface area contributed by atoms with Crippen molar-refractivity contribution in [2.75, 3.05) is 49.6 Å². The summed E-state index contributed by atoms with van der Waals surface area (Å²) in [6.07, 6.45) is 1.69. The molecule has 1 unspecified atom stereocenters. The summed E-state index contributed by atoms with van der Waals surface area (Å²) in [6, 6.07) is 7.83. The highest BCUT2D eigenvalue weighted by atomic mass is 16.5. The maximum atomic E-state index is 12.2. The molecular formula is C20H27N3O4. The van der Waals surface area contributed by atoms with Crippen molar-refractivity contribution in [3.63, 3.8) is 0 Å². The Balaban J connectivity index is 1.59. The van der Waals surface area contributed by atoms with E-state index in [1.807, 2.05) is 36.1 Å². The summed E-state index contributed by atoms with van der Waals surface area (Å²) in [5.74, 6) is -0.546. The monoisotopic (exact) mass is 373 g/mol. The topological polar surface area (TPSA) is 70.2 Å². The van der Waals surface area contributed by atoms with Crippen LogP contribution in [0.2, 0.25) is 0 Å². The fourth-order valence-corrected chi connectivity index (χ4v) is 3.71. The number of rotatable bonds is 5.